The molecule has 1 aliphatic heterocycles. The number of carbonyl (C=O) groups is 3. The summed E-state index contributed by atoms with van der Waals surface area (Å²) in [4.78, 5) is 38.5. The van der Waals surface area contributed by atoms with E-state index in [1.165, 1.54) is 30.4 Å². The van der Waals surface area contributed by atoms with Crippen LogP contribution in [0.3, 0.4) is 0 Å². The molecule has 0 bridgehead atoms. The van der Waals surface area contributed by atoms with Gasteiger partial charge in [0.05, 0.1) is 11.4 Å². The molecule has 7 nitrogen and oxygen atoms in total. The minimum Gasteiger partial charge on any atom is -0.376 e. The van der Waals surface area contributed by atoms with E-state index in [2.05, 4.69) is 16.7 Å². The highest BCUT2D eigenvalue weighted by molar-refractivity contribution is 5.95. The summed E-state index contributed by atoms with van der Waals surface area (Å²) in [6.45, 7) is 2.12. The van der Waals surface area contributed by atoms with Crippen LogP contribution in [-0.2, 0) is 20.8 Å². The van der Waals surface area contributed by atoms with Crippen molar-refractivity contribution < 1.29 is 14.4 Å². The van der Waals surface area contributed by atoms with Crippen LogP contribution in [0.15, 0.2) is 18.2 Å². The van der Waals surface area contributed by atoms with Gasteiger partial charge in [0.1, 0.15) is 12.3 Å². The van der Waals surface area contributed by atoms with Crippen LogP contribution in [0, 0.1) is 5.92 Å². The molecule has 1 heterocycles. The largest absolute Gasteiger partial charge is 0.376 e. The first-order valence-corrected chi connectivity index (χ1v) is 9.91. The molecule has 1 aromatic rings. The molecule has 2 N–H and O–H groups in total. The number of hydrogen-bond acceptors (Lipinski definition) is 5. The molecule has 1 fully saturated rings. The third kappa shape index (κ3) is 5.55. The summed E-state index contributed by atoms with van der Waals surface area (Å²) < 4.78 is 0. The minimum absolute atomic E-state index is 0.216. The predicted molar refractivity (Wildman–Crippen MR) is 112 cm³/mol. The highest BCUT2D eigenvalue weighted by Gasteiger charge is 2.27. The Morgan fingerprint density at radius 2 is 1.96 bits per heavy atom. The Balaban J connectivity index is 2.32. The normalized spacial score (nSPS) is 15.5. The maximum Gasteiger partial charge on any atom is 0.242 e. The van der Waals surface area contributed by atoms with Gasteiger partial charge < -0.3 is 25.2 Å². The highest BCUT2D eigenvalue weighted by Crippen LogP contribution is 2.32. The third-order valence-electron chi connectivity index (χ3n) is 5.34. The van der Waals surface area contributed by atoms with Gasteiger partial charge in [-0.25, -0.2) is 0 Å². The molecule has 1 atom stereocenters. The number of rotatable bonds is 10. The Labute approximate surface area is 167 Å². The van der Waals surface area contributed by atoms with E-state index in [1.54, 1.807) is 0 Å². The topological polar surface area (TPSA) is 81.8 Å². The van der Waals surface area contributed by atoms with E-state index in [0.29, 0.717) is 18.0 Å². The van der Waals surface area contributed by atoms with Gasteiger partial charge in [-0.05, 0) is 62.4 Å². The zero-order valence-electron chi connectivity index (χ0n) is 17.1. The summed E-state index contributed by atoms with van der Waals surface area (Å²) in [7, 11) is 5.39. The lowest BCUT2D eigenvalue weighted by Crippen LogP contribution is -2.46. The van der Waals surface area contributed by atoms with Crippen molar-refractivity contribution in [1.82, 2.24) is 10.6 Å². The minimum atomic E-state index is -0.721. The van der Waals surface area contributed by atoms with E-state index in [1.807, 2.05) is 31.1 Å². The molecular weight excluding hydrogens is 356 g/mol. The fraction of sp³-hybridized carbons (Fsp3) is 0.571. The van der Waals surface area contributed by atoms with Crippen LogP contribution >= 0.6 is 0 Å². The van der Waals surface area contributed by atoms with Gasteiger partial charge in [-0.15, -0.1) is 0 Å². The van der Waals surface area contributed by atoms with E-state index in [4.69, 9.17) is 0 Å². The Kier molecular flexibility index (Phi) is 8.44. The lowest BCUT2D eigenvalue weighted by molar-refractivity contribution is -0.123. The van der Waals surface area contributed by atoms with Gasteiger partial charge in [0, 0.05) is 27.6 Å². The lowest BCUT2D eigenvalue weighted by Gasteiger charge is -2.31. The van der Waals surface area contributed by atoms with E-state index in [9.17, 15) is 14.4 Å². The van der Waals surface area contributed by atoms with Crippen molar-refractivity contribution in [2.75, 3.05) is 44.0 Å². The second-order valence-corrected chi connectivity index (χ2v) is 7.50. The smallest absolute Gasteiger partial charge is 0.242 e. The van der Waals surface area contributed by atoms with E-state index >= 15 is 0 Å². The van der Waals surface area contributed by atoms with Gasteiger partial charge in [0.15, 0.2) is 0 Å². The number of benzene rings is 1. The Morgan fingerprint density at radius 1 is 1.25 bits per heavy atom. The zero-order valence-corrected chi connectivity index (χ0v) is 17.1. The SMILES string of the molecule is CNC(=O)C(CCC=O)N(C=O)c1ccc(CC2CCNCC2)cc1N(C)C. The van der Waals surface area contributed by atoms with Gasteiger partial charge in [-0.1, -0.05) is 6.07 Å². The zero-order chi connectivity index (χ0) is 20.5. The quantitative estimate of drug-likeness (QED) is 0.592. The van der Waals surface area contributed by atoms with Crippen LogP contribution in [-0.4, -0.2) is 58.9 Å². The molecule has 0 radical (unpaired) electrons. The summed E-state index contributed by atoms with van der Waals surface area (Å²) >= 11 is 0. The van der Waals surface area contributed by atoms with Crippen LogP contribution in [0.4, 0.5) is 11.4 Å². The molecule has 0 spiro atoms. The van der Waals surface area contributed by atoms with Gasteiger partial charge >= 0.3 is 0 Å². The van der Waals surface area contributed by atoms with E-state index in [-0.39, 0.29) is 18.7 Å². The van der Waals surface area contributed by atoms with Crippen molar-refractivity contribution in [3.63, 3.8) is 0 Å². The molecule has 0 aliphatic carbocycles. The first-order chi connectivity index (χ1) is 13.5. The van der Waals surface area contributed by atoms with Gasteiger partial charge in [0.2, 0.25) is 12.3 Å². The molecule has 2 amide bonds. The van der Waals surface area contributed by atoms with Crippen molar-refractivity contribution >= 4 is 30.0 Å². The molecule has 154 valence electrons. The monoisotopic (exact) mass is 388 g/mol. The second-order valence-electron chi connectivity index (χ2n) is 7.50. The summed E-state index contributed by atoms with van der Waals surface area (Å²) in [6, 6.07) is 5.34. The molecule has 2 rings (SSSR count). The van der Waals surface area contributed by atoms with Crippen LogP contribution < -0.4 is 20.4 Å². The Bertz CT molecular complexity index is 672. The fourth-order valence-electron chi connectivity index (χ4n) is 3.78. The number of hydrogen-bond donors (Lipinski definition) is 2. The molecule has 28 heavy (non-hydrogen) atoms. The fourth-order valence-corrected chi connectivity index (χ4v) is 3.78. The lowest BCUT2D eigenvalue weighted by atomic mass is 9.90. The molecule has 0 saturated carbocycles. The number of nitrogens with zero attached hydrogens (tertiary/aromatic N) is 2. The van der Waals surface area contributed by atoms with Gasteiger partial charge in [-0.2, -0.15) is 0 Å². The van der Waals surface area contributed by atoms with Crippen molar-refractivity contribution in [3.8, 4) is 0 Å². The molecule has 1 unspecified atom stereocenters. The Hall–Kier alpha value is -2.41. The number of aldehydes is 1. The van der Waals surface area contributed by atoms with Crippen molar-refractivity contribution in [3.05, 3.63) is 23.8 Å². The van der Waals surface area contributed by atoms with Crippen LogP contribution in [0.1, 0.15) is 31.2 Å². The molecule has 1 saturated heterocycles. The van der Waals surface area contributed by atoms with Gasteiger partial charge in [-0.3, -0.25) is 9.59 Å². The number of piperidine rings is 1. The Morgan fingerprint density at radius 3 is 2.54 bits per heavy atom. The first-order valence-electron chi connectivity index (χ1n) is 9.91. The maximum absolute atomic E-state index is 12.4. The van der Waals surface area contributed by atoms with Crippen LogP contribution in [0.5, 0.6) is 0 Å². The van der Waals surface area contributed by atoms with E-state index < -0.39 is 6.04 Å². The van der Waals surface area contributed by atoms with Crippen molar-refractivity contribution in [2.45, 2.75) is 38.1 Å². The molecule has 1 aromatic carbocycles. The molecular formula is C21H32N4O3. The summed E-state index contributed by atoms with van der Waals surface area (Å²) in [5.41, 5.74) is 2.79. The summed E-state index contributed by atoms with van der Waals surface area (Å²) in [5, 5.41) is 5.99. The molecule has 1 aliphatic rings. The van der Waals surface area contributed by atoms with Gasteiger partial charge in [0.25, 0.3) is 0 Å². The van der Waals surface area contributed by atoms with Crippen molar-refractivity contribution in [2.24, 2.45) is 5.92 Å². The summed E-state index contributed by atoms with van der Waals surface area (Å²) in [5.74, 6) is 0.382. The standard InChI is InChI=1S/C21H32N4O3/c1-22-21(28)19(5-4-12-26)25(15-27)18-7-6-17(14-20(18)24(2)3)13-16-8-10-23-11-9-16/h6-7,12,14-16,19,23H,4-5,8-11,13H2,1-3H3,(H,22,28). The average Bonchev–Trinajstić information content (AvgIpc) is 2.71. The predicted octanol–water partition coefficient (Wildman–Crippen LogP) is 1.35. The number of amides is 2. The third-order valence-corrected chi connectivity index (χ3v) is 5.34. The number of carbonyl (C=O) groups excluding carboxylic acids is 3. The van der Waals surface area contributed by atoms with Crippen LogP contribution in [0.25, 0.3) is 0 Å². The average molecular weight is 389 g/mol. The maximum atomic E-state index is 12.4. The molecule has 7 heteroatoms. The van der Waals surface area contributed by atoms with E-state index in [0.717, 1.165) is 31.5 Å². The molecule has 0 aromatic heterocycles. The number of likely N-dealkylation sites (N-methyl/N-ethyl adjacent to an activating group) is 1. The van der Waals surface area contributed by atoms with Crippen molar-refractivity contribution in [1.29, 1.82) is 0 Å². The highest BCUT2D eigenvalue weighted by atomic mass is 16.2. The summed E-state index contributed by atoms with van der Waals surface area (Å²) in [6.07, 6.45) is 5.30. The first kappa shape index (κ1) is 21.9. The van der Waals surface area contributed by atoms with Crippen LogP contribution in [0.2, 0.25) is 0 Å². The number of anilines is 2. The second kappa shape index (κ2) is 10.8. The number of nitrogens with one attached hydrogen (secondary N) is 2.